The fourth-order valence-corrected chi connectivity index (χ4v) is 4.36. The van der Waals surface area contributed by atoms with Crippen molar-refractivity contribution < 1.29 is 0 Å². The van der Waals surface area contributed by atoms with Crippen molar-refractivity contribution in [2.24, 2.45) is 0 Å². The molecule has 4 N–H and O–H groups in total. The van der Waals surface area contributed by atoms with Crippen molar-refractivity contribution >= 4 is 23.5 Å². The minimum Gasteiger partial charge on any atom is -0.368 e. The van der Waals surface area contributed by atoms with E-state index < -0.39 is 0 Å². The number of hydrogen-bond acceptors (Lipinski definition) is 8. The lowest BCUT2D eigenvalue weighted by Gasteiger charge is -2.37. The molecule has 1 fully saturated rings. The predicted octanol–water partition coefficient (Wildman–Crippen LogP) is 6.90. The van der Waals surface area contributed by atoms with Gasteiger partial charge in [0.15, 0.2) is 0 Å². The molecule has 1 aliphatic carbocycles. The standard InChI is InChI=1S/C20H28N4.C10H18N4/c1-13(2)21-19-12-18(23-20(24-19)22-14(3)4)17-11-10-16(17)15-8-6-5-7-9-15;1-7(2)12-9-5-6-11-10(14-9)13-8(3)4/h5-9,12-14,16-17H,10-11H2,1-4H3,(H2,21,22,23,24);5-8H,1-4H3,(H2,11,12,13,14)/t16?,17-;/m0./s1. The second kappa shape index (κ2) is 13.9. The molecule has 4 rings (SSSR count). The van der Waals surface area contributed by atoms with Crippen LogP contribution in [0.1, 0.15) is 91.3 Å². The Kier molecular flexibility index (Phi) is 10.7. The first-order valence-corrected chi connectivity index (χ1v) is 13.9. The third-order valence-corrected chi connectivity index (χ3v) is 5.99. The van der Waals surface area contributed by atoms with Crippen molar-refractivity contribution in [2.45, 2.75) is 104 Å². The summed E-state index contributed by atoms with van der Waals surface area (Å²) in [6.07, 6.45) is 4.18. The van der Waals surface area contributed by atoms with Crippen molar-refractivity contribution in [1.29, 1.82) is 0 Å². The van der Waals surface area contributed by atoms with Crippen LogP contribution >= 0.6 is 0 Å². The Labute approximate surface area is 228 Å². The first kappa shape index (κ1) is 29.1. The number of nitrogens with zero attached hydrogens (tertiary/aromatic N) is 4. The van der Waals surface area contributed by atoms with E-state index in [0.717, 1.165) is 23.3 Å². The van der Waals surface area contributed by atoms with Crippen LogP contribution < -0.4 is 21.3 Å². The highest BCUT2D eigenvalue weighted by Gasteiger charge is 2.34. The second-order valence-corrected chi connectivity index (χ2v) is 11.2. The molecule has 0 saturated heterocycles. The Morgan fingerprint density at radius 3 is 1.74 bits per heavy atom. The van der Waals surface area contributed by atoms with E-state index in [1.807, 2.05) is 6.07 Å². The molecule has 8 heteroatoms. The smallest absolute Gasteiger partial charge is 0.225 e. The van der Waals surface area contributed by atoms with Gasteiger partial charge in [-0.1, -0.05) is 30.3 Å². The minimum absolute atomic E-state index is 0.318. The Morgan fingerprint density at radius 2 is 1.16 bits per heavy atom. The van der Waals surface area contributed by atoms with Crippen LogP contribution in [0.25, 0.3) is 0 Å². The zero-order chi connectivity index (χ0) is 27.7. The fourth-order valence-electron chi connectivity index (χ4n) is 4.36. The van der Waals surface area contributed by atoms with Crippen LogP contribution in [-0.4, -0.2) is 44.1 Å². The van der Waals surface area contributed by atoms with Crippen LogP contribution in [0.15, 0.2) is 48.7 Å². The molecule has 0 aliphatic heterocycles. The van der Waals surface area contributed by atoms with Gasteiger partial charge >= 0.3 is 0 Å². The highest BCUT2D eigenvalue weighted by Crippen LogP contribution is 2.48. The lowest BCUT2D eigenvalue weighted by atomic mass is 9.68. The fraction of sp³-hybridized carbons (Fsp3) is 0.533. The molecule has 1 aliphatic rings. The minimum atomic E-state index is 0.318. The van der Waals surface area contributed by atoms with Crippen molar-refractivity contribution in [3.63, 3.8) is 0 Å². The van der Waals surface area contributed by atoms with Gasteiger partial charge in [-0.3, -0.25) is 0 Å². The largest absolute Gasteiger partial charge is 0.368 e. The molecule has 0 amide bonds. The van der Waals surface area contributed by atoms with E-state index in [9.17, 15) is 0 Å². The number of anilines is 4. The summed E-state index contributed by atoms with van der Waals surface area (Å²) < 4.78 is 0. The van der Waals surface area contributed by atoms with E-state index >= 15 is 0 Å². The van der Waals surface area contributed by atoms with Gasteiger partial charge in [0.2, 0.25) is 11.9 Å². The number of benzene rings is 1. The van der Waals surface area contributed by atoms with Gasteiger partial charge in [0, 0.05) is 42.3 Å². The molecule has 1 unspecified atom stereocenters. The first-order chi connectivity index (χ1) is 18.1. The summed E-state index contributed by atoms with van der Waals surface area (Å²) in [5.74, 6) is 4.22. The molecule has 0 bridgehead atoms. The summed E-state index contributed by atoms with van der Waals surface area (Å²) in [6.45, 7) is 16.8. The van der Waals surface area contributed by atoms with Crippen LogP contribution in [0.3, 0.4) is 0 Å². The Balaban J connectivity index is 0.000000244. The van der Waals surface area contributed by atoms with Gasteiger partial charge in [-0.05, 0) is 85.8 Å². The van der Waals surface area contributed by atoms with E-state index in [4.69, 9.17) is 4.98 Å². The SMILES string of the molecule is CC(C)Nc1cc([C@H]2CCC2c2ccccc2)nc(NC(C)C)n1.CC(C)Nc1ccnc(NC(C)C)n1. The molecule has 38 heavy (non-hydrogen) atoms. The van der Waals surface area contributed by atoms with Crippen molar-refractivity contribution in [2.75, 3.05) is 21.3 Å². The van der Waals surface area contributed by atoms with Crippen LogP contribution in [0.5, 0.6) is 0 Å². The van der Waals surface area contributed by atoms with Gasteiger partial charge in [-0.15, -0.1) is 0 Å². The zero-order valence-electron chi connectivity index (χ0n) is 24.3. The van der Waals surface area contributed by atoms with Crippen molar-refractivity contribution in [1.82, 2.24) is 19.9 Å². The summed E-state index contributed by atoms with van der Waals surface area (Å²) in [7, 11) is 0. The van der Waals surface area contributed by atoms with Crippen molar-refractivity contribution in [3.05, 3.63) is 59.9 Å². The summed E-state index contributed by atoms with van der Waals surface area (Å²) in [5, 5.41) is 13.2. The van der Waals surface area contributed by atoms with Gasteiger partial charge in [0.25, 0.3) is 0 Å². The Hall–Kier alpha value is -3.42. The first-order valence-electron chi connectivity index (χ1n) is 13.9. The highest BCUT2D eigenvalue weighted by molar-refractivity contribution is 5.45. The topological polar surface area (TPSA) is 99.7 Å². The van der Waals surface area contributed by atoms with E-state index in [2.05, 4.69) is 128 Å². The van der Waals surface area contributed by atoms with E-state index in [1.54, 1.807) is 6.20 Å². The molecule has 8 nitrogen and oxygen atoms in total. The predicted molar refractivity (Wildman–Crippen MR) is 160 cm³/mol. The number of nitrogens with one attached hydrogen (secondary N) is 4. The van der Waals surface area contributed by atoms with Crippen LogP contribution in [0.2, 0.25) is 0 Å². The quantitative estimate of drug-likeness (QED) is 0.230. The number of aromatic nitrogens is 4. The third-order valence-electron chi connectivity index (χ3n) is 5.99. The van der Waals surface area contributed by atoms with Crippen LogP contribution in [0.4, 0.5) is 23.5 Å². The van der Waals surface area contributed by atoms with Crippen molar-refractivity contribution in [3.8, 4) is 0 Å². The van der Waals surface area contributed by atoms with E-state index in [0.29, 0.717) is 42.0 Å². The van der Waals surface area contributed by atoms with E-state index in [1.165, 1.54) is 18.4 Å². The molecule has 0 spiro atoms. The van der Waals surface area contributed by atoms with Gasteiger partial charge in [0.05, 0.1) is 5.69 Å². The molecule has 206 valence electrons. The third kappa shape index (κ3) is 9.15. The highest BCUT2D eigenvalue weighted by atomic mass is 15.2. The lowest BCUT2D eigenvalue weighted by molar-refractivity contribution is 0.340. The molecule has 3 aromatic rings. The molecule has 1 saturated carbocycles. The molecular formula is C30H46N8. The maximum Gasteiger partial charge on any atom is 0.225 e. The Morgan fingerprint density at radius 1 is 0.605 bits per heavy atom. The summed E-state index contributed by atoms with van der Waals surface area (Å²) >= 11 is 0. The molecule has 1 aromatic carbocycles. The normalized spacial score (nSPS) is 16.6. The molecular weight excluding hydrogens is 472 g/mol. The maximum atomic E-state index is 4.82. The van der Waals surface area contributed by atoms with Gasteiger partial charge in [-0.25, -0.2) is 9.97 Å². The average Bonchev–Trinajstić information content (AvgIpc) is 2.78. The van der Waals surface area contributed by atoms with Gasteiger partial charge < -0.3 is 21.3 Å². The molecule has 0 radical (unpaired) electrons. The molecule has 2 heterocycles. The van der Waals surface area contributed by atoms with Crippen LogP contribution in [-0.2, 0) is 0 Å². The lowest BCUT2D eigenvalue weighted by Crippen LogP contribution is -2.24. The number of rotatable bonds is 10. The second-order valence-electron chi connectivity index (χ2n) is 11.2. The summed E-state index contributed by atoms with van der Waals surface area (Å²) in [6, 6.07) is 16.2. The monoisotopic (exact) mass is 518 g/mol. The molecule has 2 aromatic heterocycles. The maximum absolute atomic E-state index is 4.82. The summed E-state index contributed by atoms with van der Waals surface area (Å²) in [4.78, 5) is 17.9. The van der Waals surface area contributed by atoms with Crippen LogP contribution in [0, 0.1) is 0 Å². The molecule has 2 atom stereocenters. The van der Waals surface area contributed by atoms with Gasteiger partial charge in [0.1, 0.15) is 11.6 Å². The number of hydrogen-bond donors (Lipinski definition) is 4. The van der Waals surface area contributed by atoms with Gasteiger partial charge in [-0.2, -0.15) is 9.97 Å². The summed E-state index contributed by atoms with van der Waals surface area (Å²) in [5.41, 5.74) is 2.57. The Bertz CT molecular complexity index is 1060. The van der Waals surface area contributed by atoms with E-state index in [-0.39, 0.29) is 0 Å². The average molecular weight is 519 g/mol. The zero-order valence-corrected chi connectivity index (χ0v) is 24.3.